The number of phenols is 1. The van der Waals surface area contributed by atoms with Crippen LogP contribution in [0.2, 0.25) is 0 Å². The van der Waals surface area contributed by atoms with Crippen molar-refractivity contribution in [1.29, 1.82) is 0 Å². The Morgan fingerprint density at radius 2 is 2.13 bits per heavy atom. The zero-order chi connectivity index (χ0) is 20.5. The Kier molecular flexibility index (Phi) is 5.18. The highest BCUT2D eigenvalue weighted by atomic mass is 35.5. The monoisotopic (exact) mass is 436 g/mol. The van der Waals surface area contributed by atoms with E-state index in [0.717, 1.165) is 43.4 Å². The molecule has 3 unspecified atom stereocenters. The van der Waals surface area contributed by atoms with Crippen LogP contribution in [0.5, 0.6) is 11.5 Å². The van der Waals surface area contributed by atoms with Gasteiger partial charge in [-0.1, -0.05) is 0 Å². The second-order valence-corrected chi connectivity index (χ2v) is 9.36. The molecular formula is C22H29ClN2O5. The van der Waals surface area contributed by atoms with Crippen LogP contribution in [0.4, 0.5) is 0 Å². The van der Waals surface area contributed by atoms with E-state index < -0.39 is 5.97 Å². The van der Waals surface area contributed by atoms with Crippen LogP contribution in [0.15, 0.2) is 6.07 Å². The van der Waals surface area contributed by atoms with Gasteiger partial charge in [-0.3, -0.25) is 9.59 Å². The third-order valence-corrected chi connectivity index (χ3v) is 7.97. The number of nitrogens with one attached hydrogen (secondary N) is 2. The molecule has 164 valence electrons. The Morgan fingerprint density at radius 3 is 2.83 bits per heavy atom. The number of hydrogen-bond acceptors (Lipinski definition) is 4. The number of quaternary nitrogens is 1. The lowest BCUT2D eigenvalue weighted by molar-refractivity contribution is -0.919. The van der Waals surface area contributed by atoms with E-state index in [1.54, 1.807) is 13.0 Å². The molecule has 1 saturated heterocycles. The fourth-order valence-electron chi connectivity index (χ4n) is 6.92. The maximum atomic E-state index is 11.9. The fourth-order valence-corrected chi connectivity index (χ4v) is 6.92. The van der Waals surface area contributed by atoms with Crippen molar-refractivity contribution < 1.29 is 41.8 Å². The lowest BCUT2D eigenvalue weighted by atomic mass is 9.50. The van der Waals surface area contributed by atoms with Gasteiger partial charge >= 0.3 is 5.97 Å². The number of ether oxygens (including phenoxy) is 1. The summed E-state index contributed by atoms with van der Waals surface area (Å²) in [5.74, 6) is 0.253. The van der Waals surface area contributed by atoms with Crippen LogP contribution < -0.4 is 27.4 Å². The van der Waals surface area contributed by atoms with E-state index in [2.05, 4.69) is 12.4 Å². The zero-order valence-electron chi connectivity index (χ0n) is 17.3. The van der Waals surface area contributed by atoms with Gasteiger partial charge in [-0.2, -0.15) is 0 Å². The first kappa shape index (κ1) is 21.2. The van der Waals surface area contributed by atoms with E-state index in [1.807, 2.05) is 0 Å². The SMILES string of the molecule is CC(=O)N[C@H]1CCC2C3Cc4c(CCC(=O)O)cc(O)c5c4[C@@]2(CC[NH+]3C)[C@H]1O5.[Cl-]. The van der Waals surface area contributed by atoms with Gasteiger partial charge in [0.05, 0.1) is 31.1 Å². The number of carbonyl (C=O) groups excluding carboxylic acids is 1. The lowest BCUT2D eigenvalue weighted by Gasteiger charge is -2.57. The van der Waals surface area contributed by atoms with Crippen molar-refractivity contribution in [3.05, 3.63) is 22.8 Å². The van der Waals surface area contributed by atoms with Crippen molar-refractivity contribution >= 4 is 11.9 Å². The summed E-state index contributed by atoms with van der Waals surface area (Å²) >= 11 is 0. The number of likely N-dealkylation sites (tertiary alicyclic amines) is 1. The van der Waals surface area contributed by atoms with E-state index in [0.29, 0.717) is 24.1 Å². The molecular weight excluding hydrogens is 408 g/mol. The van der Waals surface area contributed by atoms with Gasteiger partial charge < -0.3 is 37.6 Å². The van der Waals surface area contributed by atoms with Crippen molar-refractivity contribution in [3.63, 3.8) is 0 Å². The summed E-state index contributed by atoms with van der Waals surface area (Å²) in [6, 6.07) is 2.10. The summed E-state index contributed by atoms with van der Waals surface area (Å²) in [5.41, 5.74) is 3.04. The molecule has 1 aromatic carbocycles. The number of aliphatic carboxylic acids is 1. The number of hydrogen-bond donors (Lipinski definition) is 4. The van der Waals surface area contributed by atoms with Crippen LogP contribution in [0, 0.1) is 5.92 Å². The summed E-state index contributed by atoms with van der Waals surface area (Å²) in [7, 11) is 2.26. The van der Waals surface area contributed by atoms with E-state index in [9.17, 15) is 19.8 Å². The van der Waals surface area contributed by atoms with Crippen molar-refractivity contribution in [2.24, 2.45) is 5.92 Å². The number of rotatable bonds is 4. The average Bonchev–Trinajstić information content (AvgIpc) is 3.01. The molecule has 2 heterocycles. The van der Waals surface area contributed by atoms with Crippen molar-refractivity contribution in [1.82, 2.24) is 5.32 Å². The normalized spacial score (nSPS) is 34.9. The summed E-state index contributed by atoms with van der Waals surface area (Å²) in [6.45, 7) is 2.58. The third kappa shape index (κ3) is 2.82. The van der Waals surface area contributed by atoms with Crippen LogP contribution in [0.25, 0.3) is 0 Å². The molecule has 0 radical (unpaired) electrons. The predicted molar refractivity (Wildman–Crippen MR) is 104 cm³/mol. The van der Waals surface area contributed by atoms with Crippen LogP contribution >= 0.6 is 0 Å². The van der Waals surface area contributed by atoms with Gasteiger partial charge in [0, 0.05) is 37.7 Å². The number of carboxylic acids is 1. The number of carbonyl (C=O) groups is 2. The molecule has 7 nitrogen and oxygen atoms in total. The largest absolute Gasteiger partial charge is 1.00 e. The molecule has 8 heteroatoms. The number of likely N-dealkylation sites (N-methyl/N-ethyl adjacent to an activating group) is 1. The maximum absolute atomic E-state index is 11.9. The number of aryl methyl sites for hydroxylation is 1. The smallest absolute Gasteiger partial charge is 0.303 e. The molecule has 2 bridgehead atoms. The Morgan fingerprint density at radius 1 is 1.37 bits per heavy atom. The molecule has 1 aromatic rings. The quantitative estimate of drug-likeness (QED) is 0.408. The molecule has 1 amide bonds. The Hall–Kier alpha value is -1.99. The van der Waals surface area contributed by atoms with Crippen LogP contribution in [-0.4, -0.2) is 53.9 Å². The fraction of sp³-hybridized carbons (Fsp3) is 0.636. The third-order valence-electron chi connectivity index (χ3n) is 7.97. The minimum absolute atomic E-state index is 0. The van der Waals surface area contributed by atoms with Gasteiger partial charge in [0.25, 0.3) is 0 Å². The van der Waals surface area contributed by atoms with E-state index in [-0.39, 0.29) is 48.0 Å². The highest BCUT2D eigenvalue weighted by Gasteiger charge is 2.67. The van der Waals surface area contributed by atoms with Gasteiger partial charge in [-0.05, 0) is 36.5 Å². The summed E-state index contributed by atoms with van der Waals surface area (Å²) in [6.07, 6.45) is 4.07. The molecule has 2 aliphatic carbocycles. The van der Waals surface area contributed by atoms with Crippen molar-refractivity contribution in [3.8, 4) is 11.5 Å². The average molecular weight is 437 g/mol. The van der Waals surface area contributed by atoms with Gasteiger partial charge in [-0.25, -0.2) is 0 Å². The first-order valence-electron chi connectivity index (χ1n) is 10.7. The number of piperidine rings is 1. The molecule has 0 aromatic heterocycles. The van der Waals surface area contributed by atoms with E-state index in [1.165, 1.54) is 10.5 Å². The Balaban J connectivity index is 0.00000218. The van der Waals surface area contributed by atoms with Gasteiger partial charge in [0.2, 0.25) is 5.91 Å². The number of halogens is 1. The van der Waals surface area contributed by atoms with Crippen LogP contribution in [-0.2, 0) is 27.8 Å². The standard InChI is InChI=1S/C22H28N2O5.ClH/c1-11(25)23-15-5-4-14-16-10-13-12(3-6-18(27)28)9-17(26)20-19(13)22(14,21(15)29-20)7-8-24(16)2;/h9,14-16,21,26H,3-8,10H2,1-2H3,(H,23,25)(H,27,28);1H/t14?,15-,16?,21-,22-;/m0./s1. The second-order valence-electron chi connectivity index (χ2n) is 9.36. The van der Waals surface area contributed by atoms with Crippen molar-refractivity contribution in [2.45, 2.75) is 69.1 Å². The minimum Gasteiger partial charge on any atom is -1.00 e. The Bertz CT molecular complexity index is 906. The van der Waals surface area contributed by atoms with Crippen LogP contribution in [0.3, 0.4) is 0 Å². The first-order valence-corrected chi connectivity index (χ1v) is 10.7. The first-order chi connectivity index (χ1) is 13.8. The highest BCUT2D eigenvalue weighted by Crippen LogP contribution is 2.62. The lowest BCUT2D eigenvalue weighted by Crippen LogP contribution is -3.16. The summed E-state index contributed by atoms with van der Waals surface area (Å²) < 4.78 is 6.45. The Labute approximate surface area is 182 Å². The molecule has 30 heavy (non-hydrogen) atoms. The molecule has 2 aliphatic heterocycles. The van der Waals surface area contributed by atoms with Crippen molar-refractivity contribution in [2.75, 3.05) is 13.6 Å². The molecule has 6 atom stereocenters. The van der Waals surface area contributed by atoms with Crippen LogP contribution in [0.1, 0.15) is 49.3 Å². The van der Waals surface area contributed by atoms with Gasteiger partial charge in [0.1, 0.15) is 6.10 Å². The second kappa shape index (κ2) is 7.31. The minimum atomic E-state index is -0.829. The number of amides is 1. The molecule has 5 rings (SSSR count). The zero-order valence-corrected chi connectivity index (χ0v) is 18.1. The maximum Gasteiger partial charge on any atom is 0.303 e. The molecule has 1 saturated carbocycles. The molecule has 2 fully saturated rings. The number of phenolic OH excluding ortho intramolecular Hbond substituents is 1. The topological polar surface area (TPSA) is 100 Å². The van der Waals surface area contributed by atoms with E-state index >= 15 is 0 Å². The predicted octanol–water partition coefficient (Wildman–Crippen LogP) is -2.83. The summed E-state index contributed by atoms with van der Waals surface area (Å²) in [5, 5.41) is 23.1. The summed E-state index contributed by atoms with van der Waals surface area (Å²) in [4.78, 5) is 24.6. The van der Waals surface area contributed by atoms with E-state index in [4.69, 9.17) is 4.74 Å². The molecule has 4 N–H and O–H groups in total. The van der Waals surface area contributed by atoms with Gasteiger partial charge in [0.15, 0.2) is 11.5 Å². The number of aromatic hydroxyl groups is 1. The van der Waals surface area contributed by atoms with Gasteiger partial charge in [-0.15, -0.1) is 0 Å². The number of benzene rings is 1. The molecule has 1 spiro atoms. The number of carboxylic acid groups (broad SMARTS) is 1. The highest BCUT2D eigenvalue weighted by molar-refractivity contribution is 5.74. The molecule has 4 aliphatic rings.